The van der Waals surface area contributed by atoms with Gasteiger partial charge >= 0.3 is 6.09 Å². The van der Waals surface area contributed by atoms with E-state index in [1.54, 1.807) is 6.92 Å². The molecule has 0 saturated heterocycles. The van der Waals surface area contributed by atoms with E-state index in [-0.39, 0.29) is 17.2 Å². The molecular formula is C18H20N2O4S2. The summed E-state index contributed by atoms with van der Waals surface area (Å²) in [4.78, 5) is 37.8. The molecule has 2 aromatic rings. The van der Waals surface area contributed by atoms with Gasteiger partial charge in [0.2, 0.25) is 5.91 Å². The van der Waals surface area contributed by atoms with Gasteiger partial charge in [-0.15, -0.1) is 23.1 Å². The molecule has 2 rings (SSSR count). The summed E-state index contributed by atoms with van der Waals surface area (Å²) in [6, 6.07) is 7.90. The lowest BCUT2D eigenvalue weighted by molar-refractivity contribution is -0.113. The Hall–Kier alpha value is -2.32. The van der Waals surface area contributed by atoms with Crippen LogP contribution < -0.4 is 10.6 Å². The van der Waals surface area contributed by atoms with Crippen LogP contribution in [0.25, 0.3) is 0 Å². The second-order valence-corrected chi connectivity index (χ2v) is 7.86. The molecule has 0 spiro atoms. The first kappa shape index (κ1) is 20.0. The molecule has 1 aromatic carbocycles. The highest BCUT2D eigenvalue weighted by Crippen LogP contribution is 2.32. The average molecular weight is 393 g/mol. The first-order chi connectivity index (χ1) is 12.3. The molecule has 0 aliphatic heterocycles. The van der Waals surface area contributed by atoms with Crippen molar-refractivity contribution in [3.8, 4) is 0 Å². The summed E-state index contributed by atoms with van der Waals surface area (Å²) in [5.74, 6) is -0.596. The predicted octanol–water partition coefficient (Wildman–Crippen LogP) is 3.90. The minimum absolute atomic E-state index is 0.219. The molecule has 0 aliphatic carbocycles. The van der Waals surface area contributed by atoms with Crippen LogP contribution in [0.4, 0.5) is 9.80 Å². The fourth-order valence-corrected chi connectivity index (χ4v) is 3.91. The maximum atomic E-state index is 12.3. The molecule has 138 valence electrons. The smallest absolute Gasteiger partial charge is 0.413 e. The van der Waals surface area contributed by atoms with E-state index in [9.17, 15) is 14.4 Å². The van der Waals surface area contributed by atoms with Crippen LogP contribution in [0.1, 0.15) is 26.4 Å². The van der Waals surface area contributed by atoms with Crippen molar-refractivity contribution in [2.24, 2.45) is 0 Å². The van der Waals surface area contributed by atoms with Gasteiger partial charge in [-0.1, -0.05) is 17.7 Å². The van der Waals surface area contributed by atoms with E-state index >= 15 is 0 Å². The van der Waals surface area contributed by atoms with Crippen molar-refractivity contribution in [3.63, 3.8) is 0 Å². The Balaban J connectivity index is 2.07. The fourth-order valence-electron chi connectivity index (χ4n) is 2.14. The van der Waals surface area contributed by atoms with Crippen molar-refractivity contribution in [2.75, 3.05) is 18.2 Å². The van der Waals surface area contributed by atoms with Crippen molar-refractivity contribution >= 4 is 46.0 Å². The fraction of sp³-hybridized carbons (Fsp3) is 0.278. The molecule has 0 bridgehead atoms. The summed E-state index contributed by atoms with van der Waals surface area (Å²) in [5, 5.41) is 5.33. The lowest BCUT2D eigenvalue weighted by Gasteiger charge is -2.08. The zero-order valence-electron chi connectivity index (χ0n) is 15.0. The van der Waals surface area contributed by atoms with Gasteiger partial charge in [0, 0.05) is 9.77 Å². The minimum atomic E-state index is -0.842. The number of alkyl carbamates (subject to hydrolysis) is 1. The number of anilines is 1. The zero-order chi connectivity index (χ0) is 19.3. The first-order valence-electron chi connectivity index (χ1n) is 7.80. The lowest BCUT2D eigenvalue weighted by Crippen LogP contribution is -2.31. The van der Waals surface area contributed by atoms with E-state index in [0.717, 1.165) is 20.9 Å². The highest BCUT2D eigenvalue weighted by Gasteiger charge is 2.22. The number of hydrogen-bond donors (Lipinski definition) is 2. The molecule has 0 radical (unpaired) electrons. The first-order valence-corrected chi connectivity index (χ1v) is 9.60. The molecule has 1 aromatic heterocycles. The number of amides is 3. The van der Waals surface area contributed by atoms with Gasteiger partial charge in [0.1, 0.15) is 5.00 Å². The zero-order valence-corrected chi connectivity index (χ0v) is 16.6. The minimum Gasteiger partial charge on any atom is -0.453 e. The van der Waals surface area contributed by atoms with Gasteiger partial charge in [-0.2, -0.15) is 0 Å². The maximum absolute atomic E-state index is 12.3. The summed E-state index contributed by atoms with van der Waals surface area (Å²) in [7, 11) is 1.18. The van der Waals surface area contributed by atoms with Crippen LogP contribution in [-0.2, 0) is 9.53 Å². The van der Waals surface area contributed by atoms with Crippen LogP contribution in [0.2, 0.25) is 0 Å². The molecule has 26 heavy (non-hydrogen) atoms. The maximum Gasteiger partial charge on any atom is 0.413 e. The Morgan fingerprint density at radius 1 is 1.12 bits per heavy atom. The van der Waals surface area contributed by atoms with Gasteiger partial charge in [0.25, 0.3) is 5.91 Å². The number of hydrogen-bond acceptors (Lipinski definition) is 6. The van der Waals surface area contributed by atoms with Gasteiger partial charge in [0.15, 0.2) is 0 Å². The van der Waals surface area contributed by atoms with E-state index < -0.39 is 12.0 Å². The van der Waals surface area contributed by atoms with E-state index in [0.29, 0.717) is 5.00 Å². The van der Waals surface area contributed by atoms with E-state index in [4.69, 9.17) is 0 Å². The molecule has 8 heteroatoms. The molecule has 3 amide bonds. The lowest BCUT2D eigenvalue weighted by atomic mass is 10.1. The molecule has 0 fully saturated rings. The van der Waals surface area contributed by atoms with Crippen molar-refractivity contribution in [2.45, 2.75) is 25.7 Å². The van der Waals surface area contributed by atoms with Gasteiger partial charge in [-0.05, 0) is 38.5 Å². The van der Waals surface area contributed by atoms with Crippen molar-refractivity contribution < 1.29 is 19.1 Å². The largest absolute Gasteiger partial charge is 0.453 e. The molecular weight excluding hydrogens is 372 g/mol. The Bertz CT molecular complexity index is 828. The summed E-state index contributed by atoms with van der Waals surface area (Å²) in [5.41, 5.74) is 2.16. The molecule has 0 aliphatic rings. The van der Waals surface area contributed by atoms with Gasteiger partial charge in [-0.25, -0.2) is 4.79 Å². The number of thiophene rings is 1. The van der Waals surface area contributed by atoms with Crippen LogP contribution in [0.5, 0.6) is 0 Å². The summed E-state index contributed by atoms with van der Waals surface area (Å²) < 4.78 is 4.45. The molecule has 1 heterocycles. The summed E-state index contributed by atoms with van der Waals surface area (Å²) >= 11 is 2.72. The van der Waals surface area contributed by atoms with Gasteiger partial charge in [-0.3, -0.25) is 14.9 Å². The third-order valence-electron chi connectivity index (χ3n) is 3.66. The normalized spacial score (nSPS) is 10.3. The van der Waals surface area contributed by atoms with Crippen LogP contribution >= 0.6 is 23.1 Å². The second kappa shape index (κ2) is 8.86. The Labute approximate surface area is 160 Å². The Morgan fingerprint density at radius 2 is 1.77 bits per heavy atom. The number of nitrogens with one attached hydrogen (secondary N) is 2. The molecule has 2 N–H and O–H groups in total. The summed E-state index contributed by atoms with van der Waals surface area (Å²) in [6.45, 7) is 5.63. The number of benzene rings is 1. The molecule has 0 unspecified atom stereocenters. The highest BCUT2D eigenvalue weighted by atomic mass is 32.2. The van der Waals surface area contributed by atoms with Gasteiger partial charge in [0.05, 0.1) is 18.4 Å². The third-order valence-corrected chi connectivity index (χ3v) is 5.79. The second-order valence-electron chi connectivity index (χ2n) is 5.58. The van der Waals surface area contributed by atoms with Gasteiger partial charge < -0.3 is 10.1 Å². The molecule has 6 nitrogen and oxygen atoms in total. The standard InChI is InChI=1S/C18H20N2O4S2/c1-10-5-7-13(8-6-10)25-9-14(21)19-17-15(11(2)12(3)26-17)16(22)20-18(23)24-4/h5-8H,9H2,1-4H3,(H,19,21)(H,20,22,23). The van der Waals surface area contributed by atoms with Crippen molar-refractivity contribution in [3.05, 3.63) is 45.8 Å². The number of carbonyl (C=O) groups excluding carboxylic acids is 3. The number of thioether (sulfide) groups is 1. The number of rotatable bonds is 5. The number of ether oxygens (including phenoxy) is 1. The average Bonchev–Trinajstić information content (AvgIpc) is 2.88. The van der Waals surface area contributed by atoms with E-state index in [1.807, 2.05) is 38.1 Å². The van der Waals surface area contributed by atoms with Crippen molar-refractivity contribution in [1.82, 2.24) is 5.32 Å². The van der Waals surface area contributed by atoms with Crippen LogP contribution in [0, 0.1) is 20.8 Å². The van der Waals surface area contributed by atoms with E-state index in [1.165, 1.54) is 30.2 Å². The SMILES string of the molecule is COC(=O)NC(=O)c1c(NC(=O)CSc2ccc(C)cc2)sc(C)c1C. The third kappa shape index (κ3) is 5.09. The Morgan fingerprint density at radius 3 is 2.38 bits per heavy atom. The van der Waals surface area contributed by atoms with Crippen LogP contribution in [0.15, 0.2) is 29.2 Å². The number of imide groups is 1. The summed E-state index contributed by atoms with van der Waals surface area (Å²) in [6.07, 6.45) is -0.842. The monoisotopic (exact) mass is 392 g/mol. The molecule has 0 atom stereocenters. The molecule has 0 saturated carbocycles. The van der Waals surface area contributed by atoms with Crippen molar-refractivity contribution in [1.29, 1.82) is 0 Å². The topological polar surface area (TPSA) is 84.5 Å². The number of carbonyl (C=O) groups is 3. The highest BCUT2D eigenvalue weighted by molar-refractivity contribution is 8.00. The predicted molar refractivity (Wildman–Crippen MR) is 104 cm³/mol. The quantitative estimate of drug-likeness (QED) is 0.754. The number of methoxy groups -OCH3 is 1. The number of aryl methyl sites for hydroxylation is 2. The van der Waals surface area contributed by atoms with E-state index in [2.05, 4.69) is 15.4 Å². The van der Waals surface area contributed by atoms with Crippen LogP contribution in [0.3, 0.4) is 0 Å². The Kier molecular flexibility index (Phi) is 6.82. The van der Waals surface area contributed by atoms with Crippen LogP contribution in [-0.4, -0.2) is 30.8 Å².